The summed E-state index contributed by atoms with van der Waals surface area (Å²) in [5.74, 6) is -0.315. The van der Waals surface area contributed by atoms with Gasteiger partial charge in [-0.3, -0.25) is 9.59 Å². The first-order chi connectivity index (χ1) is 9.63. The minimum atomic E-state index is -0.200. The molecule has 0 spiro atoms. The second-order valence-corrected chi connectivity index (χ2v) is 4.93. The molecule has 0 aliphatic rings. The van der Waals surface area contributed by atoms with E-state index in [9.17, 15) is 9.59 Å². The predicted molar refractivity (Wildman–Crippen MR) is 80.3 cm³/mol. The monoisotopic (exact) mass is 276 g/mol. The average molecular weight is 276 g/mol. The number of hydrogen-bond acceptors (Lipinski definition) is 2. The molecular formula is C16H24N2O2. The second kappa shape index (κ2) is 9.13. The Hall–Kier alpha value is -1.84. The SMILES string of the molecule is CCCCN(C)C(=O)CC(=O)NCCc1ccccc1. The third-order valence-corrected chi connectivity index (χ3v) is 3.16. The summed E-state index contributed by atoms with van der Waals surface area (Å²) < 4.78 is 0. The van der Waals surface area contributed by atoms with Gasteiger partial charge in [0, 0.05) is 20.1 Å². The molecule has 1 aromatic carbocycles. The molecule has 0 aliphatic heterocycles. The van der Waals surface area contributed by atoms with E-state index in [0.717, 1.165) is 19.3 Å². The van der Waals surface area contributed by atoms with Gasteiger partial charge in [0.05, 0.1) is 0 Å². The van der Waals surface area contributed by atoms with Crippen LogP contribution in [0.3, 0.4) is 0 Å². The number of nitrogens with zero attached hydrogens (tertiary/aromatic N) is 1. The molecule has 4 heteroatoms. The highest BCUT2D eigenvalue weighted by Gasteiger charge is 2.12. The first-order valence-electron chi connectivity index (χ1n) is 7.18. The van der Waals surface area contributed by atoms with E-state index in [-0.39, 0.29) is 18.2 Å². The highest BCUT2D eigenvalue weighted by Crippen LogP contribution is 1.99. The van der Waals surface area contributed by atoms with Crippen LogP contribution in [0.2, 0.25) is 0 Å². The van der Waals surface area contributed by atoms with E-state index in [2.05, 4.69) is 12.2 Å². The molecule has 1 aromatic rings. The minimum absolute atomic E-state index is 0.0605. The van der Waals surface area contributed by atoms with Gasteiger partial charge in [0.1, 0.15) is 6.42 Å². The van der Waals surface area contributed by atoms with Gasteiger partial charge in [-0.15, -0.1) is 0 Å². The van der Waals surface area contributed by atoms with Crippen LogP contribution in [0.15, 0.2) is 30.3 Å². The molecule has 110 valence electrons. The predicted octanol–water partition coefficient (Wildman–Crippen LogP) is 1.99. The fourth-order valence-corrected chi connectivity index (χ4v) is 1.85. The molecule has 0 aliphatic carbocycles. The van der Waals surface area contributed by atoms with Gasteiger partial charge in [-0.2, -0.15) is 0 Å². The van der Waals surface area contributed by atoms with Crippen LogP contribution in [0.4, 0.5) is 0 Å². The largest absolute Gasteiger partial charge is 0.355 e. The van der Waals surface area contributed by atoms with Crippen LogP contribution < -0.4 is 5.32 Å². The van der Waals surface area contributed by atoms with E-state index in [4.69, 9.17) is 0 Å². The van der Waals surface area contributed by atoms with Crippen molar-refractivity contribution in [1.82, 2.24) is 10.2 Å². The van der Waals surface area contributed by atoms with Crippen molar-refractivity contribution < 1.29 is 9.59 Å². The van der Waals surface area contributed by atoms with E-state index < -0.39 is 0 Å². The lowest BCUT2D eigenvalue weighted by atomic mass is 10.1. The zero-order valence-electron chi connectivity index (χ0n) is 12.4. The molecule has 0 saturated heterocycles. The summed E-state index contributed by atoms with van der Waals surface area (Å²) in [6.07, 6.45) is 2.74. The normalized spacial score (nSPS) is 10.1. The summed E-state index contributed by atoms with van der Waals surface area (Å²) in [4.78, 5) is 25.0. The summed E-state index contributed by atoms with van der Waals surface area (Å²) in [5, 5.41) is 2.79. The third kappa shape index (κ3) is 6.36. The lowest BCUT2D eigenvalue weighted by Crippen LogP contribution is -2.34. The van der Waals surface area contributed by atoms with E-state index >= 15 is 0 Å². The van der Waals surface area contributed by atoms with E-state index in [1.165, 1.54) is 5.56 Å². The van der Waals surface area contributed by atoms with Crippen molar-refractivity contribution in [3.05, 3.63) is 35.9 Å². The smallest absolute Gasteiger partial charge is 0.231 e. The van der Waals surface area contributed by atoms with Crippen molar-refractivity contribution >= 4 is 11.8 Å². The zero-order valence-corrected chi connectivity index (χ0v) is 12.4. The number of carbonyl (C=O) groups is 2. The molecular weight excluding hydrogens is 252 g/mol. The minimum Gasteiger partial charge on any atom is -0.355 e. The molecule has 0 fully saturated rings. The van der Waals surface area contributed by atoms with Crippen molar-refractivity contribution in [2.75, 3.05) is 20.1 Å². The number of carbonyl (C=O) groups excluding carboxylic acids is 2. The third-order valence-electron chi connectivity index (χ3n) is 3.16. The fraction of sp³-hybridized carbons (Fsp3) is 0.500. The molecule has 0 saturated carbocycles. The number of rotatable bonds is 8. The lowest BCUT2D eigenvalue weighted by molar-refractivity contribution is -0.135. The molecule has 2 amide bonds. The second-order valence-electron chi connectivity index (χ2n) is 4.93. The number of nitrogens with one attached hydrogen (secondary N) is 1. The summed E-state index contributed by atoms with van der Waals surface area (Å²) >= 11 is 0. The summed E-state index contributed by atoms with van der Waals surface area (Å²) in [5.41, 5.74) is 1.18. The number of benzene rings is 1. The molecule has 0 radical (unpaired) electrons. The quantitative estimate of drug-likeness (QED) is 0.738. The van der Waals surface area contributed by atoms with E-state index in [1.54, 1.807) is 11.9 Å². The summed E-state index contributed by atoms with van der Waals surface area (Å²) in [7, 11) is 1.75. The van der Waals surface area contributed by atoms with E-state index in [0.29, 0.717) is 13.1 Å². The van der Waals surface area contributed by atoms with Gasteiger partial charge in [0.25, 0.3) is 0 Å². The molecule has 0 bridgehead atoms. The topological polar surface area (TPSA) is 49.4 Å². The molecule has 0 atom stereocenters. The molecule has 1 N–H and O–H groups in total. The van der Waals surface area contributed by atoms with Crippen molar-refractivity contribution in [2.24, 2.45) is 0 Å². The Bertz CT molecular complexity index is 418. The maximum absolute atomic E-state index is 11.8. The lowest BCUT2D eigenvalue weighted by Gasteiger charge is -2.16. The first-order valence-corrected chi connectivity index (χ1v) is 7.18. The van der Waals surface area contributed by atoms with Crippen LogP contribution in [0.1, 0.15) is 31.7 Å². The Morgan fingerprint density at radius 3 is 2.55 bits per heavy atom. The van der Waals surface area contributed by atoms with Crippen LogP contribution in [-0.2, 0) is 16.0 Å². The Balaban J connectivity index is 2.21. The van der Waals surface area contributed by atoms with Crippen LogP contribution in [0.25, 0.3) is 0 Å². The van der Waals surface area contributed by atoms with Gasteiger partial charge >= 0.3 is 0 Å². The molecule has 0 heterocycles. The van der Waals surface area contributed by atoms with Crippen LogP contribution in [-0.4, -0.2) is 36.9 Å². The standard InChI is InChI=1S/C16H24N2O2/c1-3-4-12-18(2)16(20)13-15(19)17-11-10-14-8-6-5-7-9-14/h5-9H,3-4,10-13H2,1-2H3,(H,17,19). The summed E-state index contributed by atoms with van der Waals surface area (Å²) in [6.45, 7) is 3.36. The molecule has 20 heavy (non-hydrogen) atoms. The van der Waals surface area contributed by atoms with Gasteiger partial charge < -0.3 is 10.2 Å². The first kappa shape index (κ1) is 16.2. The molecule has 0 unspecified atom stereocenters. The molecule has 0 aromatic heterocycles. The Morgan fingerprint density at radius 2 is 1.90 bits per heavy atom. The van der Waals surface area contributed by atoms with Gasteiger partial charge in [0.15, 0.2) is 0 Å². The highest BCUT2D eigenvalue weighted by molar-refractivity contribution is 5.96. The Morgan fingerprint density at radius 1 is 1.20 bits per heavy atom. The fourth-order valence-electron chi connectivity index (χ4n) is 1.85. The number of unbranched alkanes of at least 4 members (excludes halogenated alkanes) is 1. The van der Waals surface area contributed by atoms with Crippen LogP contribution >= 0.6 is 0 Å². The maximum atomic E-state index is 11.8. The molecule has 4 nitrogen and oxygen atoms in total. The van der Waals surface area contributed by atoms with E-state index in [1.807, 2.05) is 30.3 Å². The van der Waals surface area contributed by atoms with Crippen molar-refractivity contribution in [3.8, 4) is 0 Å². The van der Waals surface area contributed by atoms with Crippen molar-refractivity contribution in [3.63, 3.8) is 0 Å². The zero-order chi connectivity index (χ0) is 14.8. The van der Waals surface area contributed by atoms with Crippen LogP contribution in [0, 0.1) is 0 Å². The van der Waals surface area contributed by atoms with Crippen molar-refractivity contribution in [1.29, 1.82) is 0 Å². The molecule has 1 rings (SSSR count). The van der Waals surface area contributed by atoms with Crippen molar-refractivity contribution in [2.45, 2.75) is 32.6 Å². The van der Waals surface area contributed by atoms with Gasteiger partial charge in [0.2, 0.25) is 11.8 Å². The summed E-state index contributed by atoms with van der Waals surface area (Å²) in [6, 6.07) is 9.96. The highest BCUT2D eigenvalue weighted by atomic mass is 16.2. The van der Waals surface area contributed by atoms with Gasteiger partial charge in [-0.05, 0) is 18.4 Å². The van der Waals surface area contributed by atoms with Gasteiger partial charge in [-0.25, -0.2) is 0 Å². The van der Waals surface area contributed by atoms with Gasteiger partial charge in [-0.1, -0.05) is 43.7 Å². The average Bonchev–Trinajstić information content (AvgIpc) is 2.45. The Labute approximate surface area is 121 Å². The Kier molecular flexibility index (Phi) is 7.40. The maximum Gasteiger partial charge on any atom is 0.231 e. The number of hydrogen-bond donors (Lipinski definition) is 1. The number of amides is 2. The van der Waals surface area contributed by atoms with Crippen LogP contribution in [0.5, 0.6) is 0 Å².